The van der Waals surface area contributed by atoms with Gasteiger partial charge in [0, 0.05) is 17.0 Å². The highest BCUT2D eigenvalue weighted by atomic mass is 35.5. The number of aryl methyl sites for hydroxylation is 1. The molecule has 0 unspecified atom stereocenters. The number of nitrogens with zero attached hydrogens (tertiary/aromatic N) is 2. The van der Waals surface area contributed by atoms with E-state index in [0.29, 0.717) is 11.3 Å². The quantitative estimate of drug-likeness (QED) is 0.349. The second kappa shape index (κ2) is 7.76. The molecule has 0 amide bonds. The second-order valence-corrected chi connectivity index (χ2v) is 8.37. The van der Waals surface area contributed by atoms with Gasteiger partial charge in [0.05, 0.1) is 29.6 Å². The van der Waals surface area contributed by atoms with E-state index in [4.69, 9.17) is 21.1 Å². The molecule has 1 atom stereocenters. The monoisotopic (exact) mass is 430 g/mol. The van der Waals surface area contributed by atoms with Gasteiger partial charge in [-0.1, -0.05) is 18.5 Å². The van der Waals surface area contributed by atoms with Gasteiger partial charge in [-0.3, -0.25) is 4.98 Å². The Morgan fingerprint density at radius 2 is 2.00 bits per heavy atom. The minimum Gasteiger partial charge on any atom is -0.495 e. The summed E-state index contributed by atoms with van der Waals surface area (Å²) in [5, 5.41) is 1.67. The molecule has 4 rings (SSSR count). The Kier molecular flexibility index (Phi) is 5.32. The molecule has 0 saturated carbocycles. The van der Waals surface area contributed by atoms with E-state index in [9.17, 15) is 4.39 Å². The summed E-state index contributed by atoms with van der Waals surface area (Å²) in [6, 6.07) is 7.70. The fourth-order valence-corrected chi connectivity index (χ4v) is 4.45. The third kappa shape index (κ3) is 3.63. The number of hydrogen-bond acceptors (Lipinski definition) is 5. The summed E-state index contributed by atoms with van der Waals surface area (Å²) in [6.07, 6.45) is 2.34. The summed E-state index contributed by atoms with van der Waals surface area (Å²) in [5.74, 6) is 0.271. The molecule has 2 aromatic heterocycles. The number of methoxy groups -OCH3 is 1. The van der Waals surface area contributed by atoms with E-state index in [-0.39, 0.29) is 16.9 Å². The molecule has 0 spiro atoms. The number of thiazole rings is 1. The lowest BCUT2D eigenvalue weighted by Crippen LogP contribution is -2.10. The van der Waals surface area contributed by atoms with Crippen molar-refractivity contribution in [3.05, 3.63) is 46.9 Å². The van der Waals surface area contributed by atoms with Crippen LogP contribution in [-0.4, -0.2) is 23.2 Å². The zero-order valence-electron chi connectivity index (χ0n) is 16.5. The summed E-state index contributed by atoms with van der Waals surface area (Å²) < 4.78 is 26.5. The van der Waals surface area contributed by atoms with Crippen LogP contribution >= 0.6 is 22.9 Å². The molecule has 29 heavy (non-hydrogen) atoms. The molecule has 0 aliphatic carbocycles. The zero-order chi connectivity index (χ0) is 20.7. The van der Waals surface area contributed by atoms with Crippen molar-refractivity contribution < 1.29 is 13.9 Å². The van der Waals surface area contributed by atoms with Crippen molar-refractivity contribution in [3.63, 3.8) is 0 Å². The van der Waals surface area contributed by atoms with E-state index in [2.05, 4.69) is 9.97 Å². The molecule has 0 fully saturated rings. The highest BCUT2D eigenvalue weighted by Crippen LogP contribution is 2.41. The smallest absolute Gasteiger partial charge is 0.185 e. The molecule has 2 heterocycles. The van der Waals surface area contributed by atoms with Gasteiger partial charge < -0.3 is 9.47 Å². The zero-order valence-corrected chi connectivity index (χ0v) is 18.1. The van der Waals surface area contributed by atoms with Gasteiger partial charge in [-0.2, -0.15) is 0 Å². The molecular weight excluding hydrogens is 411 g/mol. The van der Waals surface area contributed by atoms with Crippen LogP contribution < -0.4 is 9.47 Å². The van der Waals surface area contributed by atoms with Crippen molar-refractivity contribution in [3.8, 4) is 22.1 Å². The number of hydrogen-bond donors (Lipinski definition) is 0. The molecule has 0 N–H and O–H groups in total. The van der Waals surface area contributed by atoms with Crippen molar-refractivity contribution in [2.24, 2.45) is 0 Å². The van der Waals surface area contributed by atoms with E-state index in [1.165, 1.54) is 11.3 Å². The Bertz CT molecular complexity index is 1220. The minimum atomic E-state index is -0.576. The van der Waals surface area contributed by atoms with Gasteiger partial charge in [-0.25, -0.2) is 9.37 Å². The van der Waals surface area contributed by atoms with Crippen molar-refractivity contribution >= 4 is 44.1 Å². The number of rotatable bonds is 5. The first kappa shape index (κ1) is 19.9. The predicted molar refractivity (Wildman–Crippen MR) is 117 cm³/mol. The number of aromatic nitrogens is 2. The van der Waals surface area contributed by atoms with Gasteiger partial charge in [0.1, 0.15) is 21.3 Å². The summed E-state index contributed by atoms with van der Waals surface area (Å²) in [6.45, 7) is 5.90. The maximum atomic E-state index is 14.7. The fourth-order valence-electron chi connectivity index (χ4n) is 3.14. The number of pyridine rings is 1. The first-order valence-corrected chi connectivity index (χ1v) is 10.5. The largest absolute Gasteiger partial charge is 0.495 e. The van der Waals surface area contributed by atoms with E-state index in [0.717, 1.165) is 38.2 Å². The van der Waals surface area contributed by atoms with Gasteiger partial charge in [0.25, 0.3) is 0 Å². The lowest BCUT2D eigenvalue weighted by molar-refractivity contribution is 0.208. The Morgan fingerprint density at radius 3 is 2.72 bits per heavy atom. The lowest BCUT2D eigenvalue weighted by Gasteiger charge is -2.13. The van der Waals surface area contributed by atoms with Crippen LogP contribution in [-0.2, 0) is 0 Å². The molecule has 0 saturated heterocycles. The summed E-state index contributed by atoms with van der Waals surface area (Å²) in [4.78, 5) is 9.19. The molecule has 4 aromatic rings. The Balaban J connectivity index is 1.90. The van der Waals surface area contributed by atoms with Crippen molar-refractivity contribution in [1.29, 1.82) is 0 Å². The highest BCUT2D eigenvalue weighted by molar-refractivity contribution is 7.21. The average Bonchev–Trinajstić information content (AvgIpc) is 3.14. The summed E-state index contributed by atoms with van der Waals surface area (Å²) >= 11 is 7.75. The molecule has 0 bridgehead atoms. The fraction of sp³-hybridized carbons (Fsp3) is 0.273. The SMILES string of the molecule is CC[C@H](C)Oc1cc2sc(-c3cc(C)cc4cc(OC)cnc34)nc2c(Cl)c1F. The minimum absolute atomic E-state index is 0.0186. The second-order valence-electron chi connectivity index (χ2n) is 6.96. The first-order valence-electron chi connectivity index (χ1n) is 9.31. The third-order valence-electron chi connectivity index (χ3n) is 4.80. The van der Waals surface area contributed by atoms with Gasteiger partial charge in [-0.05, 0) is 44.0 Å². The number of benzene rings is 2. The van der Waals surface area contributed by atoms with Gasteiger partial charge in [-0.15, -0.1) is 11.3 Å². The van der Waals surface area contributed by atoms with Crippen molar-refractivity contribution in [1.82, 2.24) is 9.97 Å². The average molecular weight is 431 g/mol. The van der Waals surface area contributed by atoms with Crippen molar-refractivity contribution in [2.75, 3.05) is 7.11 Å². The van der Waals surface area contributed by atoms with Crippen LogP contribution in [0.5, 0.6) is 11.5 Å². The molecule has 7 heteroatoms. The van der Waals surface area contributed by atoms with Crippen LogP contribution in [0.3, 0.4) is 0 Å². The van der Waals surface area contributed by atoms with Gasteiger partial charge in [0.2, 0.25) is 0 Å². The van der Waals surface area contributed by atoms with Crippen LogP contribution in [0.4, 0.5) is 4.39 Å². The van der Waals surface area contributed by atoms with Gasteiger partial charge >= 0.3 is 0 Å². The van der Waals surface area contributed by atoms with E-state index in [1.807, 2.05) is 39.0 Å². The Hall–Kier alpha value is -2.44. The maximum absolute atomic E-state index is 14.7. The van der Waals surface area contributed by atoms with E-state index in [1.54, 1.807) is 19.4 Å². The number of halogens is 2. The predicted octanol–water partition coefficient (Wildman–Crippen LogP) is 6.80. The maximum Gasteiger partial charge on any atom is 0.185 e. The van der Waals surface area contributed by atoms with Crippen LogP contribution in [0.2, 0.25) is 5.02 Å². The molecule has 150 valence electrons. The highest BCUT2D eigenvalue weighted by Gasteiger charge is 2.20. The summed E-state index contributed by atoms with van der Waals surface area (Å²) in [5.41, 5.74) is 3.19. The van der Waals surface area contributed by atoms with Gasteiger partial charge in [0.15, 0.2) is 11.6 Å². The van der Waals surface area contributed by atoms with Crippen molar-refractivity contribution in [2.45, 2.75) is 33.3 Å². The Labute approximate surface area is 177 Å². The molecule has 4 nitrogen and oxygen atoms in total. The van der Waals surface area contributed by atoms with E-state index >= 15 is 0 Å². The first-order chi connectivity index (χ1) is 13.9. The molecule has 0 aliphatic rings. The van der Waals surface area contributed by atoms with Crippen LogP contribution in [0.1, 0.15) is 25.8 Å². The lowest BCUT2D eigenvalue weighted by atomic mass is 10.1. The Morgan fingerprint density at radius 1 is 1.21 bits per heavy atom. The number of fused-ring (bicyclic) bond motifs is 2. The number of ether oxygens (including phenoxy) is 2. The third-order valence-corrected chi connectivity index (χ3v) is 6.18. The molecule has 0 radical (unpaired) electrons. The normalized spacial score (nSPS) is 12.5. The topological polar surface area (TPSA) is 44.2 Å². The molecular formula is C22H20ClFN2O2S. The van der Waals surface area contributed by atoms with Crippen LogP contribution in [0.25, 0.3) is 31.7 Å². The molecule has 0 aliphatic heterocycles. The van der Waals surface area contributed by atoms with E-state index < -0.39 is 5.82 Å². The standard InChI is InChI=1S/C22H20ClFN2O2S/c1-5-12(3)28-16-9-17-21(18(23)19(16)24)26-22(29-17)15-7-11(2)6-13-8-14(27-4)10-25-20(13)15/h6-10,12H,5H2,1-4H3/t12-/m0/s1. The van der Waals surface area contributed by atoms with Crippen LogP contribution in [0, 0.1) is 12.7 Å². The van der Waals surface area contributed by atoms with Crippen LogP contribution in [0.15, 0.2) is 30.5 Å². The molecule has 2 aromatic carbocycles. The summed E-state index contributed by atoms with van der Waals surface area (Å²) in [7, 11) is 1.61.